The number of halogens is 1. The highest BCUT2D eigenvalue weighted by atomic mass is 35.5. The Morgan fingerprint density at radius 3 is 2.74 bits per heavy atom. The van der Waals surface area contributed by atoms with Crippen LogP contribution >= 0.6 is 11.6 Å². The topological polar surface area (TPSA) is 125 Å². The van der Waals surface area contributed by atoms with Gasteiger partial charge in [-0.3, -0.25) is 0 Å². The fraction of sp³-hybridized carbons (Fsp3) is 0.0909. The molecule has 2 aromatic heterocycles. The molecule has 0 saturated carbocycles. The molecule has 0 aliphatic carbocycles. The lowest BCUT2D eigenvalue weighted by molar-refractivity contribution is 0.0501. The summed E-state index contributed by atoms with van der Waals surface area (Å²) in [4.78, 5) is 20.0. The van der Waals surface area contributed by atoms with Crippen LogP contribution in [-0.2, 0) is 4.74 Å². The molecule has 9 heteroatoms. The van der Waals surface area contributed by atoms with Gasteiger partial charge in [-0.1, -0.05) is 47.1 Å². The highest BCUT2D eigenvalue weighted by Crippen LogP contribution is 2.31. The minimum Gasteiger partial charge on any atom is -0.507 e. The number of allylic oxidation sites excluding steroid dienone is 1. The summed E-state index contributed by atoms with van der Waals surface area (Å²) in [7, 11) is 0. The molecule has 2 heterocycles. The van der Waals surface area contributed by atoms with E-state index in [0.717, 1.165) is 0 Å². The van der Waals surface area contributed by atoms with Gasteiger partial charge >= 0.3 is 5.97 Å². The lowest BCUT2D eigenvalue weighted by Gasteiger charge is -2.07. The Morgan fingerprint density at radius 2 is 2.00 bits per heavy atom. The van der Waals surface area contributed by atoms with E-state index in [4.69, 9.17) is 20.9 Å². The summed E-state index contributed by atoms with van der Waals surface area (Å²) in [6.45, 7) is 1.03. The maximum Gasteiger partial charge on any atom is 0.344 e. The molecule has 0 spiro atoms. The Balaban J connectivity index is 1.59. The summed E-state index contributed by atoms with van der Waals surface area (Å²) in [6.07, 6.45) is 0. The molecule has 0 aliphatic rings. The monoisotopic (exact) mass is 434 g/mol. The average molecular weight is 435 g/mol. The number of nitriles is 1. The lowest BCUT2D eigenvalue weighted by Crippen LogP contribution is -2.11. The minimum atomic E-state index is -0.776. The maximum atomic E-state index is 12.7. The number of nitrogens with one attached hydrogen (secondary N) is 1. The molecule has 0 radical (unpaired) electrons. The van der Waals surface area contributed by atoms with Crippen molar-refractivity contribution >= 4 is 34.2 Å². The number of hydrogen-bond acceptors (Lipinski definition) is 7. The van der Waals surface area contributed by atoms with E-state index in [9.17, 15) is 15.2 Å². The highest BCUT2D eigenvalue weighted by Gasteiger charge is 2.25. The van der Waals surface area contributed by atoms with E-state index in [2.05, 4.69) is 15.1 Å². The van der Waals surface area contributed by atoms with Crippen LogP contribution in [0.3, 0.4) is 0 Å². The fourth-order valence-corrected chi connectivity index (χ4v) is 3.28. The largest absolute Gasteiger partial charge is 0.507 e. The Bertz CT molecular complexity index is 1330. The minimum absolute atomic E-state index is 0.0862. The van der Waals surface area contributed by atoms with Crippen molar-refractivity contribution in [1.82, 2.24) is 15.1 Å². The fourth-order valence-electron chi connectivity index (χ4n) is 3.05. The van der Waals surface area contributed by atoms with Crippen molar-refractivity contribution in [2.45, 2.75) is 6.92 Å². The number of rotatable bonds is 5. The summed E-state index contributed by atoms with van der Waals surface area (Å²) in [6, 6.07) is 15.9. The first kappa shape index (κ1) is 20.2. The lowest BCUT2D eigenvalue weighted by atomic mass is 10.1. The average Bonchev–Trinajstić information content (AvgIpc) is 3.36. The first-order valence-electron chi connectivity index (χ1n) is 9.15. The molecular formula is C22H15ClN4O4. The molecule has 0 unspecified atom stereocenters. The first-order valence-corrected chi connectivity index (χ1v) is 9.53. The number of hydrogen-bond donors (Lipinski definition) is 2. The summed E-state index contributed by atoms with van der Waals surface area (Å²) in [5.74, 6) is -0.804. The predicted molar refractivity (Wildman–Crippen MR) is 113 cm³/mol. The number of nitrogens with zero attached hydrogens (tertiary/aromatic N) is 3. The summed E-state index contributed by atoms with van der Waals surface area (Å²) >= 11 is 6.21. The van der Waals surface area contributed by atoms with Crippen molar-refractivity contribution in [2.75, 3.05) is 6.61 Å². The van der Waals surface area contributed by atoms with Gasteiger partial charge in [-0.05, 0) is 25.1 Å². The molecule has 8 nitrogen and oxygen atoms in total. The number of carbonyl (C=O) groups excluding carboxylic acids is 1. The summed E-state index contributed by atoms with van der Waals surface area (Å²) in [5, 5.41) is 24.2. The number of ether oxygens (including phenoxy) is 1. The first-order chi connectivity index (χ1) is 15.0. The van der Waals surface area contributed by atoms with Crippen molar-refractivity contribution in [3.05, 3.63) is 76.5 Å². The number of benzene rings is 2. The molecule has 0 atom stereocenters. The third-order valence-electron chi connectivity index (χ3n) is 4.56. The number of carbonyl (C=O) groups is 1. The SMILES string of the molecule is Cc1onc(-c2ccccc2Cl)c1C(=O)OC/C(O)=C(\C#N)c1nc2ccccc2[nH]1. The van der Waals surface area contributed by atoms with Gasteiger partial charge in [0.2, 0.25) is 0 Å². The van der Waals surface area contributed by atoms with Crippen LogP contribution in [0.5, 0.6) is 0 Å². The van der Waals surface area contributed by atoms with E-state index in [1.54, 1.807) is 43.3 Å². The van der Waals surface area contributed by atoms with Crippen molar-refractivity contribution in [3.8, 4) is 17.3 Å². The van der Waals surface area contributed by atoms with Gasteiger partial charge in [0.1, 0.15) is 35.3 Å². The van der Waals surface area contributed by atoms with Crippen molar-refractivity contribution < 1.29 is 19.2 Å². The van der Waals surface area contributed by atoms with Crippen LogP contribution in [0.2, 0.25) is 5.02 Å². The van der Waals surface area contributed by atoms with Crippen LogP contribution in [0.1, 0.15) is 21.9 Å². The van der Waals surface area contributed by atoms with E-state index < -0.39 is 18.3 Å². The van der Waals surface area contributed by atoms with E-state index >= 15 is 0 Å². The number of H-pyrrole nitrogens is 1. The molecule has 0 bridgehead atoms. The van der Waals surface area contributed by atoms with Gasteiger partial charge in [-0.25, -0.2) is 9.78 Å². The van der Waals surface area contributed by atoms with Gasteiger partial charge in [0, 0.05) is 5.56 Å². The Kier molecular flexibility index (Phi) is 5.43. The second-order valence-electron chi connectivity index (χ2n) is 6.55. The van der Waals surface area contributed by atoms with Crippen LogP contribution in [0.25, 0.3) is 27.9 Å². The van der Waals surface area contributed by atoms with Crippen molar-refractivity contribution in [1.29, 1.82) is 5.26 Å². The van der Waals surface area contributed by atoms with Crippen LogP contribution < -0.4 is 0 Å². The van der Waals surface area contributed by atoms with E-state index in [0.29, 0.717) is 21.6 Å². The van der Waals surface area contributed by atoms with Crippen LogP contribution in [-0.4, -0.2) is 32.8 Å². The molecule has 0 amide bonds. The second kappa shape index (κ2) is 8.34. The zero-order chi connectivity index (χ0) is 22.0. The van der Waals surface area contributed by atoms with E-state index in [1.165, 1.54) is 0 Å². The van der Waals surface area contributed by atoms with Crippen LogP contribution in [0, 0.1) is 18.3 Å². The number of esters is 1. The number of aliphatic hydroxyl groups is 1. The third kappa shape index (κ3) is 3.86. The zero-order valence-electron chi connectivity index (χ0n) is 16.2. The summed E-state index contributed by atoms with van der Waals surface area (Å²) < 4.78 is 10.4. The number of aliphatic hydroxyl groups excluding tert-OH is 1. The van der Waals surface area contributed by atoms with Crippen LogP contribution in [0.15, 0.2) is 58.8 Å². The van der Waals surface area contributed by atoms with Crippen molar-refractivity contribution in [3.63, 3.8) is 0 Å². The van der Waals surface area contributed by atoms with E-state index in [1.807, 2.05) is 18.2 Å². The van der Waals surface area contributed by atoms with Crippen LogP contribution in [0.4, 0.5) is 0 Å². The smallest absolute Gasteiger partial charge is 0.344 e. The predicted octanol–water partition coefficient (Wildman–Crippen LogP) is 4.83. The molecule has 0 saturated heterocycles. The molecule has 4 rings (SSSR count). The van der Waals surface area contributed by atoms with Crippen molar-refractivity contribution in [2.24, 2.45) is 0 Å². The highest BCUT2D eigenvalue weighted by molar-refractivity contribution is 6.33. The zero-order valence-corrected chi connectivity index (χ0v) is 17.0. The number of aromatic nitrogens is 3. The van der Waals surface area contributed by atoms with E-state index in [-0.39, 0.29) is 28.4 Å². The van der Waals surface area contributed by atoms with Gasteiger partial charge in [0.05, 0.1) is 16.1 Å². The van der Waals surface area contributed by atoms with Gasteiger partial charge < -0.3 is 19.4 Å². The summed E-state index contributed by atoms with van der Waals surface area (Å²) in [5.41, 5.74) is 2.04. The Labute approximate surface area is 181 Å². The quantitative estimate of drug-likeness (QED) is 0.262. The molecular weight excluding hydrogens is 420 g/mol. The number of para-hydroxylation sites is 2. The van der Waals surface area contributed by atoms with Gasteiger partial charge in [-0.2, -0.15) is 5.26 Å². The Morgan fingerprint density at radius 1 is 1.26 bits per heavy atom. The van der Waals surface area contributed by atoms with Gasteiger partial charge in [0.15, 0.2) is 11.6 Å². The number of fused-ring (bicyclic) bond motifs is 1. The molecule has 2 N–H and O–H groups in total. The number of imidazole rings is 1. The number of aromatic amines is 1. The second-order valence-corrected chi connectivity index (χ2v) is 6.96. The third-order valence-corrected chi connectivity index (χ3v) is 4.89. The number of aryl methyl sites for hydroxylation is 1. The maximum absolute atomic E-state index is 12.7. The molecule has 0 fully saturated rings. The molecule has 4 aromatic rings. The molecule has 31 heavy (non-hydrogen) atoms. The van der Waals surface area contributed by atoms with Gasteiger partial charge in [-0.15, -0.1) is 0 Å². The molecule has 2 aromatic carbocycles. The molecule has 154 valence electrons. The normalized spacial score (nSPS) is 11.8. The Hall–Kier alpha value is -4.09. The molecule has 0 aliphatic heterocycles. The van der Waals surface area contributed by atoms with Gasteiger partial charge in [0.25, 0.3) is 0 Å². The standard InChI is InChI=1S/C22H15ClN4O4/c1-12-19(20(27-31-12)13-6-2-3-7-15(13)23)22(29)30-11-18(28)14(10-24)21-25-16-8-4-5-9-17(16)26-21/h2-9,28H,11H2,1H3,(H,25,26)/b18-14-.